The molecule has 0 spiro atoms. The van der Waals surface area contributed by atoms with Gasteiger partial charge >= 0.3 is 13.8 Å². The predicted octanol–water partition coefficient (Wildman–Crippen LogP) is 19.3. The summed E-state index contributed by atoms with van der Waals surface area (Å²) < 4.78 is 30.7. The van der Waals surface area contributed by atoms with Crippen molar-refractivity contribution in [1.82, 2.24) is 5.32 Å². The smallest absolute Gasteiger partial charge is 0.456 e. The molecule has 1 amide bonds. The second-order valence-corrected chi connectivity index (χ2v) is 24.0. The fraction of sp³-hybridized carbons (Fsp3) is 0.844. The predicted molar refractivity (Wildman–Crippen MR) is 319 cm³/mol. The van der Waals surface area contributed by atoms with Gasteiger partial charge in [-0.2, -0.15) is 0 Å². The molecule has 0 heterocycles. The molecule has 0 bridgehead atoms. The summed E-state index contributed by atoms with van der Waals surface area (Å²) in [6, 6.07) is -0.855. The number of carbonyl (C=O) groups excluding carboxylic acids is 2. The number of amides is 1. The van der Waals surface area contributed by atoms with Crippen LogP contribution in [0, 0.1) is 0 Å². The van der Waals surface area contributed by atoms with Crippen molar-refractivity contribution in [1.29, 1.82) is 0 Å². The molecule has 3 atom stereocenters. The number of phosphoric acid groups is 1. The number of nitrogens with one attached hydrogen (secondary N) is 1. The fourth-order valence-electron chi connectivity index (χ4n) is 9.12. The van der Waals surface area contributed by atoms with E-state index in [9.17, 15) is 19.0 Å². The van der Waals surface area contributed by atoms with Crippen molar-refractivity contribution in [3.05, 3.63) is 48.6 Å². The summed E-state index contributed by atoms with van der Waals surface area (Å²) in [5.41, 5.74) is 0. The molecule has 2 N–H and O–H groups in total. The monoisotopic (exact) mass is 1060 g/mol. The zero-order valence-corrected chi connectivity index (χ0v) is 50.5. The molecule has 10 heteroatoms. The van der Waals surface area contributed by atoms with Crippen LogP contribution in [-0.2, 0) is 27.9 Å². The highest BCUT2D eigenvalue weighted by Gasteiger charge is 2.30. The number of quaternary nitrogens is 1. The van der Waals surface area contributed by atoms with Gasteiger partial charge in [0.15, 0.2) is 0 Å². The van der Waals surface area contributed by atoms with Crippen LogP contribution in [0.4, 0.5) is 0 Å². The van der Waals surface area contributed by atoms with Gasteiger partial charge in [-0.1, -0.05) is 262 Å². The van der Waals surface area contributed by atoms with E-state index in [1.54, 1.807) is 0 Å². The van der Waals surface area contributed by atoms with Crippen molar-refractivity contribution in [2.24, 2.45) is 0 Å². The Morgan fingerprint density at radius 2 is 0.824 bits per heavy atom. The van der Waals surface area contributed by atoms with Crippen LogP contribution < -0.4 is 5.32 Å². The lowest BCUT2D eigenvalue weighted by atomic mass is 10.0. The molecule has 434 valence electrons. The molecule has 0 aromatic heterocycles. The minimum absolute atomic E-state index is 0.0376. The molecule has 0 rings (SSSR count). The van der Waals surface area contributed by atoms with Gasteiger partial charge < -0.3 is 19.4 Å². The number of esters is 1. The molecule has 0 aliphatic rings. The van der Waals surface area contributed by atoms with Gasteiger partial charge in [-0.15, -0.1) is 0 Å². The summed E-state index contributed by atoms with van der Waals surface area (Å²) in [5, 5.41) is 3.06. The third-order valence-electron chi connectivity index (χ3n) is 14.0. The summed E-state index contributed by atoms with van der Waals surface area (Å²) in [6.07, 6.45) is 66.7. The lowest BCUT2D eigenvalue weighted by molar-refractivity contribution is -0.870. The number of carbonyl (C=O) groups is 2. The number of unbranched alkanes of at least 4 members (excludes halogenated alkanes) is 35. The lowest BCUT2D eigenvalue weighted by Crippen LogP contribution is -2.47. The fourth-order valence-corrected chi connectivity index (χ4v) is 9.86. The Morgan fingerprint density at radius 3 is 1.26 bits per heavy atom. The maximum atomic E-state index is 13.5. The Hall–Kier alpha value is -2.03. The average molecular weight is 1060 g/mol. The van der Waals surface area contributed by atoms with E-state index >= 15 is 0 Å². The number of allylic oxidation sites excluding steroid dienone is 7. The van der Waals surface area contributed by atoms with Gasteiger partial charge in [0.05, 0.1) is 33.8 Å². The number of ether oxygens (including phenoxy) is 1. The molecular formula is C64H122N2O7P+. The van der Waals surface area contributed by atoms with Gasteiger partial charge in [-0.3, -0.25) is 18.6 Å². The van der Waals surface area contributed by atoms with E-state index in [1.165, 1.54) is 180 Å². The number of hydrogen-bond acceptors (Lipinski definition) is 6. The van der Waals surface area contributed by atoms with E-state index in [0.29, 0.717) is 23.9 Å². The van der Waals surface area contributed by atoms with Crippen molar-refractivity contribution in [3.63, 3.8) is 0 Å². The second kappa shape index (κ2) is 54.3. The SMILES string of the molecule is CCCCC/C=C\C/C=C\C/C=C\CCCCCCC(=O)OC(/C=C/CCCCCCCCCCCC)C(COP(=O)(O)OCC[N+](C)(C)C)NC(=O)CCCCCCCCCCCCCCCCCCCCC. The van der Waals surface area contributed by atoms with E-state index in [0.717, 1.165) is 77.0 Å². The molecule has 0 fully saturated rings. The first-order chi connectivity index (χ1) is 35.9. The molecule has 0 saturated heterocycles. The van der Waals surface area contributed by atoms with Crippen LogP contribution in [0.1, 0.15) is 297 Å². The first-order valence-electron chi connectivity index (χ1n) is 31.5. The molecule has 0 aromatic rings. The van der Waals surface area contributed by atoms with Crippen LogP contribution in [0.3, 0.4) is 0 Å². The molecule has 0 aliphatic heterocycles. The van der Waals surface area contributed by atoms with Gasteiger partial charge in [0.2, 0.25) is 5.91 Å². The molecule has 0 aliphatic carbocycles. The Labute approximate surface area is 458 Å². The van der Waals surface area contributed by atoms with E-state index in [4.69, 9.17) is 13.8 Å². The maximum Gasteiger partial charge on any atom is 0.472 e. The van der Waals surface area contributed by atoms with Gasteiger partial charge in [-0.05, 0) is 70.3 Å². The van der Waals surface area contributed by atoms with E-state index in [1.807, 2.05) is 33.3 Å². The van der Waals surface area contributed by atoms with Crippen LogP contribution in [-0.4, -0.2) is 74.3 Å². The largest absolute Gasteiger partial charge is 0.472 e. The summed E-state index contributed by atoms with van der Waals surface area (Å²) in [5.74, 6) is -0.519. The summed E-state index contributed by atoms with van der Waals surface area (Å²) >= 11 is 0. The molecule has 0 aromatic carbocycles. The normalized spacial score (nSPS) is 14.0. The minimum Gasteiger partial charge on any atom is -0.456 e. The van der Waals surface area contributed by atoms with Crippen LogP contribution >= 0.6 is 7.82 Å². The highest BCUT2D eigenvalue weighted by molar-refractivity contribution is 7.47. The van der Waals surface area contributed by atoms with Crippen LogP contribution in [0.25, 0.3) is 0 Å². The number of rotatable bonds is 57. The summed E-state index contributed by atoms with van der Waals surface area (Å²) in [7, 11) is 1.49. The second-order valence-electron chi connectivity index (χ2n) is 22.6. The molecule has 9 nitrogen and oxygen atoms in total. The zero-order chi connectivity index (χ0) is 54.3. The number of hydrogen-bond donors (Lipinski definition) is 2. The topological polar surface area (TPSA) is 111 Å². The van der Waals surface area contributed by atoms with Crippen LogP contribution in [0.2, 0.25) is 0 Å². The molecule has 74 heavy (non-hydrogen) atoms. The Balaban J connectivity index is 5.26. The number of phosphoric ester groups is 1. The standard InChI is InChI=1S/C64H121N2O7P/c1-7-10-13-16-19-22-25-28-30-32-33-35-36-38-41-44-47-50-53-56-63(67)65-61(60-72-74(69,70)71-59-58-66(4,5)6)62(55-52-49-46-43-40-27-24-21-18-15-12-9-3)73-64(68)57-54-51-48-45-42-39-37-34-31-29-26-23-20-17-14-11-8-2/h20,23,29,31,37,39,52,55,61-62H,7-19,21-22,24-28,30,32-36,38,40-51,53-54,56-60H2,1-6H3,(H-,65,67,69,70)/p+1/b23-20-,31-29-,39-37-,55-52+. The van der Waals surface area contributed by atoms with Gasteiger partial charge in [-0.25, -0.2) is 4.57 Å². The molecule has 0 radical (unpaired) electrons. The molecular weight excluding hydrogens is 940 g/mol. The highest BCUT2D eigenvalue weighted by atomic mass is 31.2. The third-order valence-corrected chi connectivity index (χ3v) is 15.0. The highest BCUT2D eigenvalue weighted by Crippen LogP contribution is 2.43. The number of likely N-dealkylation sites (N-methyl/N-ethyl adjacent to an activating group) is 1. The quantitative estimate of drug-likeness (QED) is 0.0205. The van der Waals surface area contributed by atoms with E-state index < -0.39 is 20.0 Å². The molecule has 3 unspecified atom stereocenters. The van der Waals surface area contributed by atoms with Crippen molar-refractivity contribution in [3.8, 4) is 0 Å². The first-order valence-corrected chi connectivity index (χ1v) is 33.0. The van der Waals surface area contributed by atoms with Crippen molar-refractivity contribution in [2.45, 2.75) is 309 Å². The average Bonchev–Trinajstić information content (AvgIpc) is 3.36. The van der Waals surface area contributed by atoms with Gasteiger partial charge in [0.1, 0.15) is 19.3 Å². The minimum atomic E-state index is -4.45. The maximum absolute atomic E-state index is 13.5. The van der Waals surface area contributed by atoms with Crippen molar-refractivity contribution < 1.29 is 37.3 Å². The Morgan fingerprint density at radius 1 is 0.473 bits per heavy atom. The van der Waals surface area contributed by atoms with Crippen LogP contribution in [0.5, 0.6) is 0 Å². The number of nitrogens with zero attached hydrogens (tertiary/aromatic N) is 1. The Kier molecular flexibility index (Phi) is 52.8. The van der Waals surface area contributed by atoms with E-state index in [-0.39, 0.29) is 31.5 Å². The first kappa shape index (κ1) is 72.0. The van der Waals surface area contributed by atoms with Gasteiger partial charge in [0, 0.05) is 12.8 Å². The van der Waals surface area contributed by atoms with Gasteiger partial charge in [0.25, 0.3) is 0 Å². The summed E-state index contributed by atoms with van der Waals surface area (Å²) in [6.45, 7) is 7.00. The van der Waals surface area contributed by atoms with E-state index in [2.05, 4.69) is 62.5 Å². The lowest BCUT2D eigenvalue weighted by Gasteiger charge is -2.27. The summed E-state index contributed by atoms with van der Waals surface area (Å²) in [4.78, 5) is 37.7. The third kappa shape index (κ3) is 54.7. The van der Waals surface area contributed by atoms with Crippen molar-refractivity contribution in [2.75, 3.05) is 40.9 Å². The zero-order valence-electron chi connectivity index (χ0n) is 49.6. The van der Waals surface area contributed by atoms with Crippen molar-refractivity contribution >= 4 is 19.7 Å². The molecule has 0 saturated carbocycles. The van der Waals surface area contributed by atoms with Crippen LogP contribution in [0.15, 0.2) is 48.6 Å². The Bertz CT molecular complexity index is 1410.